The topological polar surface area (TPSA) is 66.7 Å². The number of rotatable bonds is 7. The summed E-state index contributed by atoms with van der Waals surface area (Å²) < 4.78 is 0. The van der Waals surface area contributed by atoms with Crippen LogP contribution in [0.1, 0.15) is 24.0 Å². The van der Waals surface area contributed by atoms with E-state index in [4.69, 9.17) is 0 Å². The predicted molar refractivity (Wildman–Crippen MR) is 104 cm³/mol. The lowest BCUT2D eigenvalue weighted by Crippen LogP contribution is -2.48. The normalized spacial score (nSPS) is 14.9. The zero-order chi connectivity index (χ0) is 19.1. The number of carbonyl (C=O) groups is 1. The molecule has 0 aromatic heterocycles. The SMILES string of the molecule is O=C(CCCc1ccccc1)N1CCN(Cc2cccc([N+](=O)[O-])c2)CC1. The van der Waals surface area contributed by atoms with Crippen LogP contribution < -0.4 is 0 Å². The quantitative estimate of drug-likeness (QED) is 0.556. The largest absolute Gasteiger partial charge is 0.340 e. The van der Waals surface area contributed by atoms with Crippen molar-refractivity contribution in [1.29, 1.82) is 0 Å². The van der Waals surface area contributed by atoms with Gasteiger partial charge in [0.1, 0.15) is 0 Å². The summed E-state index contributed by atoms with van der Waals surface area (Å²) in [5.74, 6) is 0.223. The summed E-state index contributed by atoms with van der Waals surface area (Å²) in [6, 6.07) is 17.0. The summed E-state index contributed by atoms with van der Waals surface area (Å²) >= 11 is 0. The Morgan fingerprint density at radius 2 is 1.67 bits per heavy atom. The van der Waals surface area contributed by atoms with Crippen molar-refractivity contribution in [3.05, 3.63) is 75.8 Å². The van der Waals surface area contributed by atoms with E-state index >= 15 is 0 Å². The monoisotopic (exact) mass is 367 g/mol. The second-order valence-corrected chi connectivity index (χ2v) is 6.92. The fourth-order valence-corrected chi connectivity index (χ4v) is 3.43. The van der Waals surface area contributed by atoms with E-state index in [0.717, 1.165) is 44.6 Å². The number of piperazine rings is 1. The van der Waals surface area contributed by atoms with Crippen LogP contribution >= 0.6 is 0 Å². The lowest BCUT2D eigenvalue weighted by molar-refractivity contribution is -0.384. The second-order valence-electron chi connectivity index (χ2n) is 6.92. The van der Waals surface area contributed by atoms with E-state index in [9.17, 15) is 14.9 Å². The first-order valence-electron chi connectivity index (χ1n) is 9.39. The van der Waals surface area contributed by atoms with E-state index in [0.29, 0.717) is 13.0 Å². The van der Waals surface area contributed by atoms with E-state index in [1.54, 1.807) is 12.1 Å². The summed E-state index contributed by atoms with van der Waals surface area (Å²) in [7, 11) is 0. The van der Waals surface area contributed by atoms with Crippen LogP contribution in [0, 0.1) is 10.1 Å². The Hall–Kier alpha value is -2.73. The molecule has 27 heavy (non-hydrogen) atoms. The smallest absolute Gasteiger partial charge is 0.269 e. The first-order valence-corrected chi connectivity index (χ1v) is 9.39. The van der Waals surface area contributed by atoms with E-state index in [1.165, 1.54) is 11.6 Å². The van der Waals surface area contributed by atoms with Gasteiger partial charge in [0, 0.05) is 51.3 Å². The maximum atomic E-state index is 12.4. The van der Waals surface area contributed by atoms with Gasteiger partial charge >= 0.3 is 0 Å². The predicted octanol–water partition coefficient (Wildman–Crippen LogP) is 3.26. The van der Waals surface area contributed by atoms with Gasteiger partial charge in [-0.15, -0.1) is 0 Å². The zero-order valence-electron chi connectivity index (χ0n) is 15.4. The average Bonchev–Trinajstić information content (AvgIpc) is 2.69. The van der Waals surface area contributed by atoms with Gasteiger partial charge in [-0.2, -0.15) is 0 Å². The van der Waals surface area contributed by atoms with Gasteiger partial charge in [-0.05, 0) is 24.0 Å². The molecular formula is C21H25N3O3. The summed E-state index contributed by atoms with van der Waals surface area (Å²) in [6.45, 7) is 3.72. The molecule has 1 saturated heterocycles. The molecule has 0 saturated carbocycles. The van der Waals surface area contributed by atoms with Crippen LogP contribution in [-0.2, 0) is 17.8 Å². The number of amides is 1. The van der Waals surface area contributed by atoms with E-state index < -0.39 is 0 Å². The van der Waals surface area contributed by atoms with Crippen LogP contribution in [0.2, 0.25) is 0 Å². The van der Waals surface area contributed by atoms with Gasteiger partial charge < -0.3 is 4.90 Å². The molecule has 1 fully saturated rings. The maximum Gasteiger partial charge on any atom is 0.269 e. The summed E-state index contributed by atoms with van der Waals surface area (Å²) in [5, 5.41) is 10.9. The highest BCUT2D eigenvalue weighted by atomic mass is 16.6. The van der Waals surface area contributed by atoms with E-state index in [2.05, 4.69) is 17.0 Å². The molecule has 1 amide bonds. The molecule has 1 aliphatic heterocycles. The minimum absolute atomic E-state index is 0.125. The molecule has 3 rings (SSSR count). The number of hydrogen-bond acceptors (Lipinski definition) is 4. The van der Waals surface area contributed by atoms with Crippen molar-refractivity contribution >= 4 is 11.6 Å². The number of nitrogens with zero attached hydrogens (tertiary/aromatic N) is 3. The summed E-state index contributed by atoms with van der Waals surface area (Å²) in [4.78, 5) is 27.1. The van der Waals surface area contributed by atoms with Gasteiger partial charge in [0.15, 0.2) is 0 Å². The average molecular weight is 367 g/mol. The number of carbonyl (C=O) groups excluding carboxylic acids is 1. The van der Waals surface area contributed by atoms with Crippen LogP contribution in [0.3, 0.4) is 0 Å². The molecule has 0 radical (unpaired) electrons. The fourth-order valence-electron chi connectivity index (χ4n) is 3.43. The van der Waals surface area contributed by atoms with Crippen molar-refractivity contribution < 1.29 is 9.72 Å². The second kappa shape index (κ2) is 9.28. The fraction of sp³-hybridized carbons (Fsp3) is 0.381. The number of non-ortho nitro benzene ring substituents is 1. The molecule has 0 aliphatic carbocycles. The van der Waals surface area contributed by atoms with Crippen molar-refractivity contribution in [3.8, 4) is 0 Å². The Morgan fingerprint density at radius 3 is 2.37 bits per heavy atom. The number of hydrogen-bond donors (Lipinski definition) is 0. The lowest BCUT2D eigenvalue weighted by Gasteiger charge is -2.34. The minimum Gasteiger partial charge on any atom is -0.340 e. The third-order valence-corrected chi connectivity index (χ3v) is 4.95. The molecule has 142 valence electrons. The van der Waals surface area contributed by atoms with Crippen molar-refractivity contribution in [2.45, 2.75) is 25.8 Å². The van der Waals surface area contributed by atoms with Crippen molar-refractivity contribution in [2.75, 3.05) is 26.2 Å². The molecule has 0 unspecified atom stereocenters. The molecule has 6 nitrogen and oxygen atoms in total. The maximum absolute atomic E-state index is 12.4. The molecular weight excluding hydrogens is 342 g/mol. The summed E-state index contributed by atoms with van der Waals surface area (Å²) in [5.41, 5.74) is 2.33. The highest BCUT2D eigenvalue weighted by Gasteiger charge is 2.21. The number of aryl methyl sites for hydroxylation is 1. The van der Waals surface area contributed by atoms with Gasteiger partial charge in [0.2, 0.25) is 5.91 Å². The number of benzene rings is 2. The van der Waals surface area contributed by atoms with E-state index in [-0.39, 0.29) is 16.5 Å². The molecule has 2 aromatic carbocycles. The number of nitro groups is 1. The third kappa shape index (κ3) is 5.62. The first kappa shape index (κ1) is 19.0. The van der Waals surface area contributed by atoms with E-state index in [1.807, 2.05) is 29.2 Å². The van der Waals surface area contributed by atoms with Crippen molar-refractivity contribution in [1.82, 2.24) is 9.80 Å². The van der Waals surface area contributed by atoms with Gasteiger partial charge in [-0.25, -0.2) is 0 Å². The third-order valence-electron chi connectivity index (χ3n) is 4.95. The number of nitro benzene ring substituents is 1. The Morgan fingerprint density at radius 1 is 0.963 bits per heavy atom. The van der Waals surface area contributed by atoms with Crippen molar-refractivity contribution in [3.63, 3.8) is 0 Å². The van der Waals surface area contributed by atoms with Crippen LogP contribution in [0.5, 0.6) is 0 Å². The van der Waals surface area contributed by atoms with Crippen LogP contribution in [0.4, 0.5) is 5.69 Å². The first-order chi connectivity index (χ1) is 13.1. The Balaban J connectivity index is 1.41. The molecule has 0 bridgehead atoms. The lowest BCUT2D eigenvalue weighted by atomic mass is 10.1. The van der Waals surface area contributed by atoms with Gasteiger partial charge in [-0.3, -0.25) is 19.8 Å². The molecule has 1 aliphatic rings. The summed E-state index contributed by atoms with van der Waals surface area (Å²) in [6.07, 6.45) is 2.38. The Labute approximate surface area is 159 Å². The van der Waals surface area contributed by atoms with Gasteiger partial charge in [0.05, 0.1) is 4.92 Å². The highest BCUT2D eigenvalue weighted by molar-refractivity contribution is 5.76. The molecule has 6 heteroatoms. The van der Waals surface area contributed by atoms with Crippen LogP contribution in [0.15, 0.2) is 54.6 Å². The molecule has 0 spiro atoms. The molecule has 0 N–H and O–H groups in total. The van der Waals surface area contributed by atoms with Crippen LogP contribution in [-0.4, -0.2) is 46.8 Å². The van der Waals surface area contributed by atoms with Gasteiger partial charge in [-0.1, -0.05) is 42.5 Å². The highest BCUT2D eigenvalue weighted by Crippen LogP contribution is 2.16. The molecule has 0 atom stereocenters. The Bertz CT molecular complexity index is 771. The van der Waals surface area contributed by atoms with Crippen LogP contribution in [0.25, 0.3) is 0 Å². The standard InChI is InChI=1S/C21H25N3O3/c25-21(11-5-8-18-6-2-1-3-7-18)23-14-12-22(13-15-23)17-19-9-4-10-20(16-19)24(26)27/h1-4,6-7,9-10,16H,5,8,11-15,17H2. The molecule has 1 heterocycles. The zero-order valence-corrected chi connectivity index (χ0v) is 15.4. The minimum atomic E-state index is -0.366. The van der Waals surface area contributed by atoms with Crippen molar-refractivity contribution in [2.24, 2.45) is 0 Å². The van der Waals surface area contributed by atoms with Gasteiger partial charge in [0.25, 0.3) is 5.69 Å². The molecule has 2 aromatic rings. The Kier molecular flexibility index (Phi) is 6.54.